The number of nitrogens with zero attached hydrogens (tertiary/aromatic N) is 6. The Morgan fingerprint density at radius 1 is 1.16 bits per heavy atom. The molecule has 5 heterocycles. The van der Waals surface area contributed by atoms with Crippen LogP contribution in [0, 0.1) is 29.4 Å². The monoisotopic (exact) mass is 699 g/mol. The maximum absolute atomic E-state index is 17.0. The fourth-order valence-corrected chi connectivity index (χ4v) is 8.30. The second-order valence-electron chi connectivity index (χ2n) is 14.0. The minimum absolute atomic E-state index is 0.0584. The first-order valence-electron chi connectivity index (χ1n) is 17.4. The molecule has 1 amide bonds. The second kappa shape index (κ2) is 13.3. The highest BCUT2D eigenvalue weighted by Crippen LogP contribution is 2.41. The van der Waals surface area contributed by atoms with Gasteiger partial charge < -0.3 is 19.6 Å². The van der Waals surface area contributed by atoms with E-state index in [9.17, 15) is 18.7 Å². The average molecular weight is 700 g/mol. The van der Waals surface area contributed by atoms with Crippen molar-refractivity contribution in [3.8, 4) is 35.4 Å². The molecule has 2 aromatic carbocycles. The molecule has 4 aromatic rings. The molecule has 3 fully saturated rings. The number of rotatable bonds is 9. The van der Waals surface area contributed by atoms with Crippen LogP contribution in [0.3, 0.4) is 0 Å². The number of halogens is 3. The number of amides is 1. The van der Waals surface area contributed by atoms with E-state index in [1.165, 1.54) is 30.5 Å². The van der Waals surface area contributed by atoms with E-state index in [1.54, 1.807) is 11.8 Å². The van der Waals surface area contributed by atoms with Gasteiger partial charge in [-0.1, -0.05) is 32.3 Å². The first kappa shape index (κ1) is 34.5. The zero-order chi connectivity index (χ0) is 36.2. The molecular weight excluding hydrogens is 659 g/mol. The van der Waals surface area contributed by atoms with E-state index < -0.39 is 23.3 Å². The van der Waals surface area contributed by atoms with Crippen LogP contribution in [0.1, 0.15) is 57.9 Å². The molecular formula is C38H40F3N7O3. The largest absolute Gasteiger partial charge is 0.508 e. The Kier molecular flexibility index (Phi) is 8.99. The number of phenols is 1. The predicted molar refractivity (Wildman–Crippen MR) is 189 cm³/mol. The summed E-state index contributed by atoms with van der Waals surface area (Å²) in [6.07, 6.45) is 9.73. The Morgan fingerprint density at radius 3 is 2.55 bits per heavy atom. The van der Waals surface area contributed by atoms with Gasteiger partial charge in [-0.15, -0.1) is 6.42 Å². The van der Waals surface area contributed by atoms with Crippen LogP contribution in [0.25, 0.3) is 32.9 Å². The van der Waals surface area contributed by atoms with Crippen molar-refractivity contribution in [3.05, 3.63) is 47.7 Å². The number of terminal acetylenes is 1. The van der Waals surface area contributed by atoms with Crippen molar-refractivity contribution in [2.75, 3.05) is 38.2 Å². The number of anilines is 1. The van der Waals surface area contributed by atoms with Crippen molar-refractivity contribution in [2.45, 2.75) is 76.2 Å². The lowest BCUT2D eigenvalue weighted by Gasteiger charge is -2.42. The number of hydrogen-bond donors (Lipinski definition) is 2. The van der Waals surface area contributed by atoms with Crippen LogP contribution in [-0.4, -0.2) is 98.6 Å². The summed E-state index contributed by atoms with van der Waals surface area (Å²) in [7, 11) is 1.87. The van der Waals surface area contributed by atoms with E-state index in [1.807, 2.05) is 23.8 Å². The summed E-state index contributed by atoms with van der Waals surface area (Å²) in [5.41, 5.74) is -0.855. The van der Waals surface area contributed by atoms with Crippen LogP contribution in [0.4, 0.5) is 19.0 Å². The van der Waals surface area contributed by atoms with Crippen LogP contribution in [0.5, 0.6) is 11.8 Å². The number of fused-ring (bicyclic) bond motifs is 4. The van der Waals surface area contributed by atoms with Crippen LogP contribution in [0.2, 0.25) is 0 Å². The molecule has 7 rings (SSSR count). The average Bonchev–Trinajstić information content (AvgIpc) is 3.55. The summed E-state index contributed by atoms with van der Waals surface area (Å²) in [6.45, 7) is 4.95. The van der Waals surface area contributed by atoms with Gasteiger partial charge in [0.2, 0.25) is 0 Å². The molecule has 0 saturated carbocycles. The lowest BCUT2D eigenvalue weighted by molar-refractivity contribution is -0.127. The zero-order valence-electron chi connectivity index (χ0n) is 28.8. The third-order valence-corrected chi connectivity index (χ3v) is 10.8. The molecule has 4 atom stereocenters. The van der Waals surface area contributed by atoms with Crippen LogP contribution < -0.4 is 9.64 Å². The smallest absolute Gasteiger partial charge is 0.319 e. The molecule has 0 aliphatic carbocycles. The Balaban J connectivity index is 1.36. The van der Waals surface area contributed by atoms with E-state index in [-0.39, 0.29) is 82.8 Å². The normalized spacial score (nSPS) is 23.3. The number of likely N-dealkylation sites (N-methyl/N-ethyl adjacent to an activating group) is 1. The first-order valence-corrected chi connectivity index (χ1v) is 17.4. The quantitative estimate of drug-likeness (QED) is 0.161. The van der Waals surface area contributed by atoms with Crippen molar-refractivity contribution < 1.29 is 27.8 Å². The van der Waals surface area contributed by atoms with Crippen LogP contribution >= 0.6 is 0 Å². The summed E-state index contributed by atoms with van der Waals surface area (Å²) in [5.74, 6) is 0.742. The number of carbonyl (C=O) groups is 1. The number of hydrogen-bond acceptors (Lipinski definition) is 9. The maximum Gasteiger partial charge on any atom is 0.319 e. The van der Waals surface area contributed by atoms with E-state index in [4.69, 9.17) is 21.6 Å². The molecule has 51 heavy (non-hydrogen) atoms. The zero-order valence-corrected chi connectivity index (χ0v) is 28.8. The standard InChI is InChI=1S/C38H40F3N7O3/c1-5-12-38(15-22(39)17-46(38)4)20-51-37-44-34-28(35(45-37)47-18-23-9-10-24(19-47)48(23)36(50)30(42)7-3)16-43-33(32(34)41)27-14-25(49)13-21-8-11-29(40)26(6-2)31(21)27/h2,8,11,13-14,16,22-24,42,49H,5,7,9-10,12,15,17-20H2,1,3-4H3/t22?,23-,24?,38?/m0/s1. The molecule has 2 aromatic heterocycles. The van der Waals surface area contributed by atoms with Gasteiger partial charge in [-0.3, -0.25) is 20.1 Å². The Morgan fingerprint density at radius 2 is 1.90 bits per heavy atom. The minimum Gasteiger partial charge on any atom is -0.508 e. The number of carbonyl (C=O) groups excluding carboxylic acids is 1. The van der Waals surface area contributed by atoms with Gasteiger partial charge in [-0.25, -0.2) is 13.2 Å². The van der Waals surface area contributed by atoms with Gasteiger partial charge in [0, 0.05) is 43.2 Å². The molecule has 266 valence electrons. The van der Waals surface area contributed by atoms with Gasteiger partial charge in [0.1, 0.15) is 41.4 Å². The third-order valence-electron chi connectivity index (χ3n) is 10.8. The van der Waals surface area contributed by atoms with E-state index in [2.05, 4.69) is 15.9 Å². The summed E-state index contributed by atoms with van der Waals surface area (Å²) >= 11 is 0. The number of ether oxygens (including phenoxy) is 1. The van der Waals surface area contributed by atoms with Gasteiger partial charge in [0.25, 0.3) is 5.91 Å². The highest BCUT2D eigenvalue weighted by Gasteiger charge is 2.46. The number of pyridine rings is 1. The number of phenolic OH excluding ortho intramolecular Hbond substituents is 1. The summed E-state index contributed by atoms with van der Waals surface area (Å²) in [4.78, 5) is 32.7. The molecule has 3 unspecified atom stereocenters. The molecule has 2 N–H and O–H groups in total. The number of aromatic nitrogens is 3. The SMILES string of the molecule is C#Cc1c(F)ccc2cc(O)cc(-c3ncc4c(N5CC6CC[C@@H](C5)N6C(=O)C(=N)CC)nc(OCC5(CCC)CC(F)CN5C)nc4c3F)c12. The highest BCUT2D eigenvalue weighted by molar-refractivity contribution is 6.37. The number of alkyl halides is 1. The maximum atomic E-state index is 17.0. The Hall–Kier alpha value is -4.96. The lowest BCUT2D eigenvalue weighted by Crippen LogP contribution is -2.57. The summed E-state index contributed by atoms with van der Waals surface area (Å²) < 4.78 is 52.9. The Bertz CT molecular complexity index is 2090. The Labute approximate surface area is 294 Å². The van der Waals surface area contributed by atoms with Crippen molar-refractivity contribution in [3.63, 3.8) is 0 Å². The topological polar surface area (TPSA) is 119 Å². The van der Waals surface area contributed by atoms with Gasteiger partial charge in [0.15, 0.2) is 5.82 Å². The molecule has 2 bridgehead atoms. The van der Waals surface area contributed by atoms with Crippen LogP contribution in [-0.2, 0) is 4.79 Å². The molecule has 3 aliphatic rings. The molecule has 0 radical (unpaired) electrons. The first-order chi connectivity index (χ1) is 24.5. The van der Waals surface area contributed by atoms with E-state index >= 15 is 4.39 Å². The van der Waals surface area contributed by atoms with Crippen molar-refractivity contribution in [1.29, 1.82) is 5.41 Å². The fraction of sp³-hybridized carbons (Fsp3) is 0.447. The predicted octanol–water partition coefficient (Wildman–Crippen LogP) is 6.01. The number of benzene rings is 2. The summed E-state index contributed by atoms with van der Waals surface area (Å²) in [6, 6.07) is 4.90. The molecule has 3 aliphatic heterocycles. The third kappa shape index (κ3) is 5.89. The van der Waals surface area contributed by atoms with E-state index in [0.717, 1.165) is 19.3 Å². The van der Waals surface area contributed by atoms with Gasteiger partial charge in [0.05, 0.1) is 34.3 Å². The number of likely N-dealkylation sites (tertiary alicyclic amines) is 1. The van der Waals surface area contributed by atoms with Crippen LogP contribution in [0.15, 0.2) is 30.5 Å². The summed E-state index contributed by atoms with van der Waals surface area (Å²) in [5, 5.41) is 19.7. The van der Waals surface area contributed by atoms with E-state index in [0.29, 0.717) is 42.5 Å². The molecule has 3 saturated heterocycles. The second-order valence-corrected chi connectivity index (χ2v) is 14.0. The number of nitrogens with one attached hydrogen (secondary N) is 1. The lowest BCUT2D eigenvalue weighted by atomic mass is 9.91. The molecule has 0 spiro atoms. The minimum atomic E-state index is -1.01. The van der Waals surface area contributed by atoms with Gasteiger partial charge in [-0.2, -0.15) is 9.97 Å². The van der Waals surface area contributed by atoms with Crippen molar-refractivity contribution in [2.24, 2.45) is 0 Å². The van der Waals surface area contributed by atoms with Gasteiger partial charge in [-0.05, 0) is 56.3 Å². The van der Waals surface area contributed by atoms with Gasteiger partial charge >= 0.3 is 6.01 Å². The molecule has 10 nitrogen and oxygen atoms in total. The number of piperazine rings is 1. The fourth-order valence-electron chi connectivity index (χ4n) is 8.30. The number of aromatic hydroxyl groups is 1. The van der Waals surface area contributed by atoms with Crippen molar-refractivity contribution >= 4 is 39.1 Å². The highest BCUT2D eigenvalue weighted by atomic mass is 19.1. The molecule has 13 heteroatoms. The van der Waals surface area contributed by atoms with Crippen molar-refractivity contribution in [1.82, 2.24) is 24.8 Å².